The molecule has 6 heteroatoms. The van der Waals surface area contributed by atoms with Gasteiger partial charge in [-0.05, 0) is 28.1 Å². The van der Waals surface area contributed by atoms with Gasteiger partial charge >= 0.3 is 0 Å². The van der Waals surface area contributed by atoms with E-state index in [0.29, 0.717) is 21.4 Å². The summed E-state index contributed by atoms with van der Waals surface area (Å²) in [6.45, 7) is 0. The first kappa shape index (κ1) is 9.85. The van der Waals surface area contributed by atoms with Crippen molar-refractivity contribution in [2.45, 2.75) is 0 Å². The Balaban J connectivity index is 2.65. The first-order chi connectivity index (χ1) is 7.11. The number of hydrogen-bond acceptors (Lipinski definition) is 4. The lowest BCUT2D eigenvalue weighted by Crippen LogP contribution is -1.88. The van der Waals surface area contributed by atoms with E-state index in [0.717, 1.165) is 0 Å². The van der Waals surface area contributed by atoms with Crippen LogP contribution in [-0.4, -0.2) is 20.4 Å². The zero-order chi connectivity index (χ0) is 11.0. The summed E-state index contributed by atoms with van der Waals surface area (Å²) in [5.74, 6) is -0.0994. The topological polar surface area (TPSA) is 95.2 Å². The molecule has 0 saturated carbocycles. The number of halogens is 1. The number of aromatic amines is 1. The number of nitrogens with zero attached hydrogens (tertiary/aromatic N) is 1. The van der Waals surface area contributed by atoms with Crippen molar-refractivity contribution in [2.24, 2.45) is 0 Å². The summed E-state index contributed by atoms with van der Waals surface area (Å²) in [7, 11) is 0. The largest absolute Gasteiger partial charge is 0.504 e. The minimum atomic E-state index is -0.225. The molecule has 1 aromatic carbocycles. The Morgan fingerprint density at radius 3 is 2.53 bits per heavy atom. The van der Waals surface area contributed by atoms with Gasteiger partial charge in [-0.2, -0.15) is 5.10 Å². The van der Waals surface area contributed by atoms with Crippen molar-refractivity contribution in [1.82, 2.24) is 10.2 Å². The van der Waals surface area contributed by atoms with Crippen LogP contribution >= 0.6 is 15.9 Å². The number of hydrogen-bond donors (Lipinski definition) is 4. The summed E-state index contributed by atoms with van der Waals surface area (Å²) in [6, 6.07) is 3.26. The standard InChI is InChI=1S/C9H8BrN3O2/c10-6-2-1-4(7(14)8(6)15)5-3-12-13-9(5)11/h1-3,14-15H,(H3,11,12,13). The third-order valence-corrected chi connectivity index (χ3v) is 2.70. The van der Waals surface area contributed by atoms with Crippen molar-refractivity contribution in [3.8, 4) is 22.6 Å². The number of benzene rings is 1. The minimum absolute atomic E-state index is 0.215. The van der Waals surface area contributed by atoms with Crippen LogP contribution in [0, 0.1) is 0 Å². The number of nitrogens with two attached hydrogens (primary N) is 1. The average Bonchev–Trinajstić information content (AvgIpc) is 2.62. The number of H-pyrrole nitrogens is 1. The van der Waals surface area contributed by atoms with Gasteiger partial charge in [0.15, 0.2) is 11.5 Å². The summed E-state index contributed by atoms with van der Waals surface area (Å²) in [4.78, 5) is 0. The Hall–Kier alpha value is -1.69. The molecule has 0 aliphatic rings. The van der Waals surface area contributed by atoms with Crippen LogP contribution in [0.25, 0.3) is 11.1 Å². The molecule has 15 heavy (non-hydrogen) atoms. The molecule has 0 amide bonds. The first-order valence-electron chi connectivity index (χ1n) is 4.11. The normalized spacial score (nSPS) is 10.5. The fraction of sp³-hybridized carbons (Fsp3) is 0. The third kappa shape index (κ3) is 1.52. The molecule has 0 atom stereocenters. The van der Waals surface area contributed by atoms with Gasteiger partial charge in [0.25, 0.3) is 0 Å². The van der Waals surface area contributed by atoms with E-state index in [2.05, 4.69) is 26.1 Å². The number of aromatic nitrogens is 2. The fourth-order valence-electron chi connectivity index (χ4n) is 1.28. The van der Waals surface area contributed by atoms with Crippen molar-refractivity contribution in [3.05, 3.63) is 22.8 Å². The van der Waals surface area contributed by atoms with Gasteiger partial charge in [0, 0.05) is 11.1 Å². The minimum Gasteiger partial charge on any atom is -0.504 e. The van der Waals surface area contributed by atoms with Crippen LogP contribution < -0.4 is 5.73 Å². The molecule has 5 nitrogen and oxygen atoms in total. The molecule has 0 spiro atoms. The maximum absolute atomic E-state index is 9.70. The van der Waals surface area contributed by atoms with E-state index >= 15 is 0 Å². The molecule has 5 N–H and O–H groups in total. The Kier molecular flexibility index (Phi) is 2.28. The molecule has 2 aromatic rings. The van der Waals surface area contributed by atoms with Crippen molar-refractivity contribution >= 4 is 21.7 Å². The van der Waals surface area contributed by atoms with Crippen LogP contribution in [0.3, 0.4) is 0 Å². The molecular formula is C9H8BrN3O2. The van der Waals surface area contributed by atoms with Crippen LogP contribution in [-0.2, 0) is 0 Å². The van der Waals surface area contributed by atoms with Crippen molar-refractivity contribution in [1.29, 1.82) is 0 Å². The summed E-state index contributed by atoms with van der Waals surface area (Å²) in [5.41, 5.74) is 6.59. The smallest absolute Gasteiger partial charge is 0.172 e. The van der Waals surface area contributed by atoms with Crippen LogP contribution in [0.15, 0.2) is 22.8 Å². The average molecular weight is 270 g/mol. The van der Waals surface area contributed by atoms with Crippen LogP contribution in [0.5, 0.6) is 11.5 Å². The predicted octanol–water partition coefficient (Wildman–Crippen LogP) is 1.83. The van der Waals surface area contributed by atoms with Gasteiger partial charge in [-0.15, -0.1) is 0 Å². The van der Waals surface area contributed by atoms with Gasteiger partial charge in [-0.25, -0.2) is 0 Å². The lowest BCUT2D eigenvalue weighted by molar-refractivity contribution is 0.403. The SMILES string of the molecule is Nc1[nH]ncc1-c1ccc(Br)c(O)c1O. The second-order valence-electron chi connectivity index (χ2n) is 2.99. The lowest BCUT2D eigenvalue weighted by Gasteiger charge is -2.06. The van der Waals surface area contributed by atoms with E-state index in [1.807, 2.05) is 0 Å². The number of phenolic OH excluding ortho intramolecular Hbond substituents is 2. The fourth-order valence-corrected chi connectivity index (χ4v) is 1.60. The van der Waals surface area contributed by atoms with Gasteiger partial charge in [-0.3, -0.25) is 5.10 Å². The van der Waals surface area contributed by atoms with Gasteiger partial charge < -0.3 is 15.9 Å². The van der Waals surface area contributed by atoms with E-state index in [9.17, 15) is 10.2 Å². The second kappa shape index (κ2) is 3.47. The molecule has 0 fully saturated rings. The zero-order valence-electron chi connectivity index (χ0n) is 7.53. The van der Waals surface area contributed by atoms with E-state index in [1.165, 1.54) is 6.20 Å². The number of nitrogens with one attached hydrogen (secondary N) is 1. The van der Waals surface area contributed by atoms with Gasteiger partial charge in [0.2, 0.25) is 0 Å². The molecular weight excluding hydrogens is 262 g/mol. The number of rotatable bonds is 1. The molecule has 0 saturated heterocycles. The van der Waals surface area contributed by atoms with Gasteiger partial charge in [-0.1, -0.05) is 0 Å². The maximum atomic E-state index is 9.70. The highest BCUT2D eigenvalue weighted by Gasteiger charge is 2.14. The molecule has 0 aliphatic carbocycles. The van der Waals surface area contributed by atoms with Crippen LogP contribution in [0.4, 0.5) is 5.82 Å². The van der Waals surface area contributed by atoms with Crippen molar-refractivity contribution < 1.29 is 10.2 Å². The Morgan fingerprint density at radius 2 is 1.93 bits per heavy atom. The Labute approximate surface area is 93.7 Å². The molecule has 0 aliphatic heterocycles. The van der Waals surface area contributed by atoms with Crippen LogP contribution in [0.2, 0.25) is 0 Å². The van der Waals surface area contributed by atoms with Crippen LogP contribution in [0.1, 0.15) is 0 Å². The highest BCUT2D eigenvalue weighted by atomic mass is 79.9. The first-order valence-corrected chi connectivity index (χ1v) is 4.90. The molecule has 1 heterocycles. The predicted molar refractivity (Wildman–Crippen MR) is 59.5 cm³/mol. The Bertz CT molecular complexity index is 510. The van der Waals surface area contributed by atoms with Crippen molar-refractivity contribution in [2.75, 3.05) is 5.73 Å². The third-order valence-electron chi connectivity index (χ3n) is 2.06. The van der Waals surface area contributed by atoms with E-state index in [4.69, 9.17) is 5.73 Å². The maximum Gasteiger partial charge on any atom is 0.172 e. The number of phenols is 2. The highest BCUT2D eigenvalue weighted by Crippen LogP contribution is 2.42. The Morgan fingerprint density at radius 1 is 1.20 bits per heavy atom. The summed E-state index contributed by atoms with van der Waals surface area (Å²) < 4.78 is 0.422. The van der Waals surface area contributed by atoms with Gasteiger partial charge in [0.05, 0.1) is 10.7 Å². The zero-order valence-corrected chi connectivity index (χ0v) is 9.12. The van der Waals surface area contributed by atoms with E-state index in [-0.39, 0.29) is 11.5 Å². The number of nitrogen functional groups attached to an aromatic ring is 1. The monoisotopic (exact) mass is 269 g/mol. The summed E-state index contributed by atoms with van der Waals surface area (Å²) >= 11 is 3.10. The molecule has 0 unspecified atom stereocenters. The second-order valence-corrected chi connectivity index (χ2v) is 3.84. The quantitative estimate of drug-likeness (QED) is 0.594. The molecule has 0 radical (unpaired) electrons. The summed E-state index contributed by atoms with van der Waals surface area (Å²) in [5, 5.41) is 25.5. The number of aromatic hydroxyl groups is 2. The highest BCUT2D eigenvalue weighted by molar-refractivity contribution is 9.10. The summed E-state index contributed by atoms with van der Waals surface area (Å²) in [6.07, 6.45) is 1.48. The molecule has 0 bridgehead atoms. The molecule has 1 aromatic heterocycles. The molecule has 2 rings (SSSR count). The van der Waals surface area contributed by atoms with E-state index in [1.54, 1.807) is 12.1 Å². The number of anilines is 1. The molecule has 78 valence electrons. The van der Waals surface area contributed by atoms with E-state index < -0.39 is 0 Å². The van der Waals surface area contributed by atoms with Gasteiger partial charge in [0.1, 0.15) is 5.82 Å². The lowest BCUT2D eigenvalue weighted by atomic mass is 10.1. The van der Waals surface area contributed by atoms with Crippen molar-refractivity contribution in [3.63, 3.8) is 0 Å².